The fourth-order valence-electron chi connectivity index (χ4n) is 1.73. The number of hydrogen-bond donors (Lipinski definition) is 2. The zero-order valence-electron chi connectivity index (χ0n) is 10.7. The van der Waals surface area contributed by atoms with Crippen molar-refractivity contribution in [1.82, 2.24) is 5.32 Å². The Bertz CT molecular complexity index is 311. The Morgan fingerprint density at radius 3 is 2.82 bits per heavy atom. The van der Waals surface area contributed by atoms with Gasteiger partial charge in [-0.3, -0.25) is 9.00 Å². The molecule has 1 fully saturated rings. The van der Waals surface area contributed by atoms with Gasteiger partial charge in [-0.2, -0.15) is 0 Å². The number of carbonyl (C=O) groups is 1. The highest BCUT2D eigenvalue weighted by Crippen LogP contribution is 2.27. The van der Waals surface area contributed by atoms with Crippen LogP contribution in [0.3, 0.4) is 0 Å². The third-order valence-corrected chi connectivity index (χ3v) is 4.06. The average molecular weight is 262 g/mol. The third kappa shape index (κ3) is 3.76. The van der Waals surface area contributed by atoms with E-state index in [2.05, 4.69) is 5.32 Å². The number of ether oxygens (including phenoxy) is 1. The molecule has 0 saturated carbocycles. The van der Waals surface area contributed by atoms with Crippen molar-refractivity contribution in [2.24, 2.45) is 11.1 Å². The molecule has 0 aromatic carbocycles. The van der Waals surface area contributed by atoms with Crippen molar-refractivity contribution >= 4 is 16.7 Å². The molecule has 1 heterocycles. The molecule has 0 bridgehead atoms. The van der Waals surface area contributed by atoms with E-state index < -0.39 is 16.2 Å². The summed E-state index contributed by atoms with van der Waals surface area (Å²) in [4.78, 5) is 12.1. The first-order valence-corrected chi connectivity index (χ1v) is 7.53. The molecule has 0 aliphatic carbocycles. The standard InChI is InChI=1S/C11H22N2O3S/c1-8(4-5-17(3)15)13-10(14)11(2)7-16-6-9(11)12/h8-9H,4-7,12H2,1-3H3,(H,13,14). The zero-order chi connectivity index (χ0) is 13.1. The van der Waals surface area contributed by atoms with Gasteiger partial charge in [0.05, 0.1) is 18.6 Å². The van der Waals surface area contributed by atoms with Crippen LogP contribution < -0.4 is 11.1 Å². The van der Waals surface area contributed by atoms with E-state index >= 15 is 0 Å². The summed E-state index contributed by atoms with van der Waals surface area (Å²) in [6.45, 7) is 4.53. The second-order valence-corrected chi connectivity index (χ2v) is 6.53. The van der Waals surface area contributed by atoms with Gasteiger partial charge in [0, 0.05) is 34.9 Å². The molecule has 17 heavy (non-hydrogen) atoms. The van der Waals surface area contributed by atoms with Gasteiger partial charge >= 0.3 is 0 Å². The lowest BCUT2D eigenvalue weighted by Crippen LogP contribution is -2.52. The number of rotatable bonds is 5. The summed E-state index contributed by atoms with van der Waals surface area (Å²) in [6, 6.07) is -0.244. The molecular weight excluding hydrogens is 240 g/mol. The summed E-state index contributed by atoms with van der Waals surface area (Å²) in [5.74, 6) is 0.526. The van der Waals surface area contributed by atoms with E-state index in [9.17, 15) is 9.00 Å². The Balaban J connectivity index is 2.45. The van der Waals surface area contributed by atoms with Gasteiger partial charge in [-0.05, 0) is 20.3 Å². The first-order valence-electron chi connectivity index (χ1n) is 5.80. The molecule has 1 amide bonds. The number of hydrogen-bond acceptors (Lipinski definition) is 4. The highest BCUT2D eigenvalue weighted by molar-refractivity contribution is 7.84. The first kappa shape index (κ1) is 14.6. The van der Waals surface area contributed by atoms with Crippen molar-refractivity contribution in [3.63, 3.8) is 0 Å². The molecule has 5 nitrogen and oxygen atoms in total. The molecule has 6 heteroatoms. The summed E-state index contributed by atoms with van der Waals surface area (Å²) in [5, 5.41) is 2.91. The van der Waals surface area contributed by atoms with Crippen LogP contribution in [0.1, 0.15) is 20.3 Å². The van der Waals surface area contributed by atoms with E-state index in [0.29, 0.717) is 25.4 Å². The van der Waals surface area contributed by atoms with Crippen LogP contribution in [0.2, 0.25) is 0 Å². The molecule has 0 aromatic rings. The predicted molar refractivity (Wildman–Crippen MR) is 68.1 cm³/mol. The van der Waals surface area contributed by atoms with Crippen molar-refractivity contribution < 1.29 is 13.7 Å². The van der Waals surface area contributed by atoms with Crippen LogP contribution in [0.25, 0.3) is 0 Å². The Labute approximate surface area is 105 Å². The van der Waals surface area contributed by atoms with Crippen molar-refractivity contribution in [1.29, 1.82) is 0 Å². The van der Waals surface area contributed by atoms with Gasteiger partial charge < -0.3 is 15.8 Å². The van der Waals surface area contributed by atoms with E-state index in [1.165, 1.54) is 0 Å². The minimum atomic E-state index is -0.821. The maximum Gasteiger partial charge on any atom is 0.230 e. The number of nitrogens with one attached hydrogen (secondary N) is 1. The van der Waals surface area contributed by atoms with Crippen LogP contribution in [0.15, 0.2) is 0 Å². The van der Waals surface area contributed by atoms with Crippen LogP contribution in [-0.4, -0.2) is 47.4 Å². The largest absolute Gasteiger partial charge is 0.379 e. The summed E-state index contributed by atoms with van der Waals surface area (Å²) >= 11 is 0. The third-order valence-electron chi connectivity index (χ3n) is 3.25. The summed E-state index contributed by atoms with van der Waals surface area (Å²) in [6.07, 6.45) is 2.37. The SMILES string of the molecule is CC(CCS(C)=O)NC(=O)C1(C)COCC1N. The van der Waals surface area contributed by atoms with Crippen molar-refractivity contribution in [3.8, 4) is 0 Å². The number of amides is 1. The minimum absolute atomic E-state index is 0.0102. The quantitative estimate of drug-likeness (QED) is 0.708. The number of nitrogens with two attached hydrogens (primary N) is 1. The Kier molecular flexibility index (Phi) is 5.09. The normalized spacial score (nSPS) is 32.1. The van der Waals surface area contributed by atoms with Crippen LogP contribution in [0.4, 0.5) is 0 Å². The smallest absolute Gasteiger partial charge is 0.230 e. The second-order valence-electron chi connectivity index (χ2n) is 4.98. The summed E-state index contributed by atoms with van der Waals surface area (Å²) in [5.41, 5.74) is 5.24. The summed E-state index contributed by atoms with van der Waals surface area (Å²) in [7, 11) is -0.821. The fourth-order valence-corrected chi connectivity index (χ4v) is 2.41. The van der Waals surface area contributed by atoms with E-state index in [0.717, 1.165) is 0 Å². The van der Waals surface area contributed by atoms with Crippen LogP contribution in [0.5, 0.6) is 0 Å². The van der Waals surface area contributed by atoms with Gasteiger partial charge in [-0.25, -0.2) is 0 Å². The Morgan fingerprint density at radius 1 is 1.71 bits per heavy atom. The maximum absolute atomic E-state index is 12.1. The topological polar surface area (TPSA) is 81.4 Å². The lowest BCUT2D eigenvalue weighted by molar-refractivity contribution is -0.131. The summed E-state index contributed by atoms with van der Waals surface area (Å²) < 4.78 is 16.2. The van der Waals surface area contributed by atoms with Gasteiger partial charge in [0.1, 0.15) is 0 Å². The highest BCUT2D eigenvalue weighted by Gasteiger charge is 2.44. The molecule has 1 aliphatic heterocycles. The number of carbonyl (C=O) groups excluding carboxylic acids is 1. The van der Waals surface area contributed by atoms with Crippen LogP contribution >= 0.6 is 0 Å². The predicted octanol–water partition coefficient (Wildman–Crippen LogP) is -0.376. The lowest BCUT2D eigenvalue weighted by atomic mass is 9.84. The molecule has 0 spiro atoms. The molecule has 1 saturated heterocycles. The first-order chi connectivity index (χ1) is 7.86. The van der Waals surface area contributed by atoms with Gasteiger partial charge in [0.15, 0.2) is 0 Å². The second kappa shape index (κ2) is 5.93. The monoisotopic (exact) mass is 262 g/mol. The van der Waals surface area contributed by atoms with E-state index in [-0.39, 0.29) is 18.0 Å². The molecule has 0 aromatic heterocycles. The fraction of sp³-hybridized carbons (Fsp3) is 0.909. The van der Waals surface area contributed by atoms with Crippen molar-refractivity contribution in [2.75, 3.05) is 25.2 Å². The van der Waals surface area contributed by atoms with Crippen molar-refractivity contribution in [2.45, 2.75) is 32.4 Å². The molecule has 1 aliphatic rings. The minimum Gasteiger partial charge on any atom is -0.379 e. The van der Waals surface area contributed by atoms with Gasteiger partial charge in [-0.15, -0.1) is 0 Å². The molecule has 4 unspecified atom stereocenters. The van der Waals surface area contributed by atoms with Gasteiger partial charge in [-0.1, -0.05) is 0 Å². The lowest BCUT2D eigenvalue weighted by Gasteiger charge is -2.27. The average Bonchev–Trinajstić information content (AvgIpc) is 2.58. The van der Waals surface area contributed by atoms with Crippen LogP contribution in [0, 0.1) is 5.41 Å². The zero-order valence-corrected chi connectivity index (χ0v) is 11.5. The maximum atomic E-state index is 12.1. The van der Waals surface area contributed by atoms with E-state index in [1.807, 2.05) is 13.8 Å². The van der Waals surface area contributed by atoms with E-state index in [4.69, 9.17) is 10.5 Å². The van der Waals surface area contributed by atoms with Crippen molar-refractivity contribution in [3.05, 3.63) is 0 Å². The molecule has 1 rings (SSSR count). The molecular formula is C11H22N2O3S. The van der Waals surface area contributed by atoms with E-state index in [1.54, 1.807) is 6.26 Å². The van der Waals surface area contributed by atoms with Gasteiger partial charge in [0.25, 0.3) is 0 Å². The van der Waals surface area contributed by atoms with Crippen LogP contribution in [-0.2, 0) is 20.3 Å². The Morgan fingerprint density at radius 2 is 2.35 bits per heavy atom. The molecule has 4 atom stereocenters. The highest BCUT2D eigenvalue weighted by atomic mass is 32.2. The van der Waals surface area contributed by atoms with Gasteiger partial charge in [0.2, 0.25) is 5.91 Å². The molecule has 0 radical (unpaired) electrons. The molecule has 3 N–H and O–H groups in total. The molecule has 100 valence electrons. The Hall–Kier alpha value is -0.460.